The number of benzene rings is 3. The summed E-state index contributed by atoms with van der Waals surface area (Å²) in [6, 6.07) is 28.9. The standard InChI is InChI=1S/C24H23NO/c1-2-18-13-15-21(16-14-18)25-23(26)22-17-24(22,19-9-5-3-6-10-19)20-11-7-4-8-12-20/h3-16,22H,2,17H2,1H3,(H,25,26)/t22-/m0/s1. The molecule has 1 N–H and O–H groups in total. The fourth-order valence-electron chi connectivity index (χ4n) is 3.91. The second-order valence-electron chi connectivity index (χ2n) is 7.00. The van der Waals surface area contributed by atoms with Crippen LogP contribution in [0.3, 0.4) is 0 Å². The Balaban J connectivity index is 1.61. The first kappa shape index (κ1) is 16.6. The molecule has 0 radical (unpaired) electrons. The molecule has 0 heterocycles. The van der Waals surface area contributed by atoms with Gasteiger partial charge in [0.25, 0.3) is 0 Å². The van der Waals surface area contributed by atoms with Crippen LogP contribution in [0.2, 0.25) is 0 Å². The lowest BCUT2D eigenvalue weighted by Crippen LogP contribution is -2.22. The van der Waals surface area contributed by atoms with Gasteiger partial charge in [0.1, 0.15) is 0 Å². The van der Waals surface area contributed by atoms with E-state index in [-0.39, 0.29) is 17.2 Å². The summed E-state index contributed by atoms with van der Waals surface area (Å²) in [6.07, 6.45) is 1.85. The van der Waals surface area contributed by atoms with Crippen molar-refractivity contribution >= 4 is 11.6 Å². The maximum absolute atomic E-state index is 13.0. The van der Waals surface area contributed by atoms with Gasteiger partial charge in [-0.3, -0.25) is 4.79 Å². The normalized spacial score (nSPS) is 17.5. The first-order valence-electron chi connectivity index (χ1n) is 9.25. The summed E-state index contributed by atoms with van der Waals surface area (Å²) in [7, 11) is 0. The van der Waals surface area contributed by atoms with Gasteiger partial charge in [-0.15, -0.1) is 0 Å². The Labute approximate surface area is 154 Å². The van der Waals surface area contributed by atoms with Gasteiger partial charge < -0.3 is 5.32 Å². The van der Waals surface area contributed by atoms with Crippen LogP contribution in [0.4, 0.5) is 5.69 Å². The topological polar surface area (TPSA) is 29.1 Å². The van der Waals surface area contributed by atoms with Gasteiger partial charge in [-0.1, -0.05) is 79.7 Å². The van der Waals surface area contributed by atoms with E-state index in [1.807, 2.05) is 24.3 Å². The Hall–Kier alpha value is -2.87. The maximum atomic E-state index is 13.0. The molecule has 1 aliphatic carbocycles. The van der Waals surface area contributed by atoms with E-state index in [4.69, 9.17) is 0 Å². The van der Waals surface area contributed by atoms with E-state index in [1.165, 1.54) is 16.7 Å². The molecule has 3 aromatic rings. The molecular weight excluding hydrogens is 318 g/mol. The van der Waals surface area contributed by atoms with Crippen molar-refractivity contribution in [3.8, 4) is 0 Å². The Morgan fingerprint density at radius 1 is 0.885 bits per heavy atom. The third-order valence-corrected chi connectivity index (χ3v) is 5.48. The smallest absolute Gasteiger partial charge is 0.228 e. The molecule has 0 aliphatic heterocycles. The van der Waals surface area contributed by atoms with E-state index in [0.717, 1.165) is 18.5 Å². The number of nitrogens with one attached hydrogen (secondary N) is 1. The van der Waals surface area contributed by atoms with Crippen molar-refractivity contribution in [2.75, 3.05) is 5.32 Å². The largest absolute Gasteiger partial charge is 0.326 e. The van der Waals surface area contributed by atoms with Crippen molar-refractivity contribution in [1.29, 1.82) is 0 Å². The predicted molar refractivity (Wildman–Crippen MR) is 106 cm³/mol. The molecule has 0 spiro atoms. The molecule has 130 valence electrons. The molecule has 0 aromatic heterocycles. The Bertz CT molecular complexity index is 845. The monoisotopic (exact) mass is 341 g/mol. The van der Waals surface area contributed by atoms with Crippen molar-refractivity contribution in [3.05, 3.63) is 102 Å². The molecule has 2 heteroatoms. The summed E-state index contributed by atoms with van der Waals surface area (Å²) in [5.74, 6) is 0.0557. The molecule has 2 nitrogen and oxygen atoms in total. The zero-order chi connectivity index (χ0) is 18.0. The number of carbonyl (C=O) groups is 1. The van der Waals surface area contributed by atoms with Crippen LogP contribution in [0, 0.1) is 5.92 Å². The zero-order valence-corrected chi connectivity index (χ0v) is 15.0. The average Bonchev–Trinajstić information content (AvgIpc) is 3.47. The second kappa shape index (κ2) is 6.80. The van der Waals surface area contributed by atoms with Crippen molar-refractivity contribution in [3.63, 3.8) is 0 Å². The summed E-state index contributed by atoms with van der Waals surface area (Å²) in [5.41, 5.74) is 4.36. The quantitative estimate of drug-likeness (QED) is 0.679. The first-order valence-corrected chi connectivity index (χ1v) is 9.25. The van der Waals surface area contributed by atoms with Crippen molar-refractivity contribution in [2.24, 2.45) is 5.92 Å². The number of aryl methyl sites for hydroxylation is 1. The first-order chi connectivity index (χ1) is 12.7. The van der Waals surface area contributed by atoms with Gasteiger partial charge in [0.15, 0.2) is 0 Å². The van der Waals surface area contributed by atoms with Crippen LogP contribution >= 0.6 is 0 Å². The molecular formula is C24H23NO. The summed E-state index contributed by atoms with van der Waals surface area (Å²) in [5, 5.41) is 3.11. The highest BCUT2D eigenvalue weighted by Crippen LogP contribution is 2.59. The number of carbonyl (C=O) groups excluding carboxylic acids is 1. The fraction of sp³-hybridized carbons (Fsp3) is 0.208. The minimum Gasteiger partial charge on any atom is -0.326 e. The van der Waals surface area contributed by atoms with E-state index in [0.29, 0.717) is 0 Å². The Morgan fingerprint density at radius 3 is 1.92 bits per heavy atom. The zero-order valence-electron chi connectivity index (χ0n) is 15.0. The van der Waals surface area contributed by atoms with Crippen molar-refractivity contribution < 1.29 is 4.79 Å². The van der Waals surface area contributed by atoms with Crippen LogP contribution in [-0.2, 0) is 16.6 Å². The number of amides is 1. The van der Waals surface area contributed by atoms with Crippen LogP contribution in [-0.4, -0.2) is 5.91 Å². The summed E-state index contributed by atoms with van der Waals surface area (Å²) >= 11 is 0. The predicted octanol–water partition coefficient (Wildman–Crippen LogP) is 5.19. The SMILES string of the molecule is CCc1ccc(NC(=O)[C@@H]2CC2(c2ccccc2)c2ccccc2)cc1. The van der Waals surface area contributed by atoms with Gasteiger partial charge in [0.05, 0.1) is 5.92 Å². The van der Waals surface area contributed by atoms with Crippen LogP contribution in [0.15, 0.2) is 84.9 Å². The molecule has 1 amide bonds. The van der Waals surface area contributed by atoms with Gasteiger partial charge >= 0.3 is 0 Å². The third-order valence-electron chi connectivity index (χ3n) is 5.48. The molecule has 3 aromatic carbocycles. The Kier molecular flexibility index (Phi) is 4.34. The average molecular weight is 341 g/mol. The van der Waals surface area contributed by atoms with E-state index in [1.54, 1.807) is 0 Å². The van der Waals surface area contributed by atoms with Gasteiger partial charge in [-0.05, 0) is 41.7 Å². The highest BCUT2D eigenvalue weighted by atomic mass is 16.2. The van der Waals surface area contributed by atoms with Gasteiger partial charge in [-0.25, -0.2) is 0 Å². The number of anilines is 1. The number of hydrogen-bond donors (Lipinski definition) is 1. The molecule has 0 unspecified atom stereocenters. The molecule has 1 atom stereocenters. The number of rotatable bonds is 5. The van der Waals surface area contributed by atoms with Crippen LogP contribution in [0.25, 0.3) is 0 Å². The molecule has 1 aliphatic rings. The van der Waals surface area contributed by atoms with Crippen LogP contribution in [0.1, 0.15) is 30.0 Å². The summed E-state index contributed by atoms with van der Waals surface area (Å²) in [6.45, 7) is 2.13. The van der Waals surface area contributed by atoms with Crippen molar-refractivity contribution in [1.82, 2.24) is 0 Å². The molecule has 26 heavy (non-hydrogen) atoms. The Morgan fingerprint density at radius 2 is 1.42 bits per heavy atom. The van der Waals surface area contributed by atoms with E-state index in [9.17, 15) is 4.79 Å². The summed E-state index contributed by atoms with van der Waals surface area (Å²) in [4.78, 5) is 13.0. The molecule has 0 saturated heterocycles. The highest BCUT2D eigenvalue weighted by Gasteiger charge is 2.60. The minimum atomic E-state index is -0.212. The molecule has 1 fully saturated rings. The van der Waals surface area contributed by atoms with E-state index < -0.39 is 0 Å². The molecule has 1 saturated carbocycles. The van der Waals surface area contributed by atoms with Gasteiger partial charge in [0, 0.05) is 11.1 Å². The second-order valence-corrected chi connectivity index (χ2v) is 7.00. The third kappa shape index (κ3) is 2.92. The minimum absolute atomic E-state index is 0.0434. The van der Waals surface area contributed by atoms with Gasteiger partial charge in [0.2, 0.25) is 5.91 Å². The number of hydrogen-bond acceptors (Lipinski definition) is 1. The summed E-state index contributed by atoms with van der Waals surface area (Å²) < 4.78 is 0. The van der Waals surface area contributed by atoms with Crippen molar-refractivity contribution in [2.45, 2.75) is 25.2 Å². The van der Waals surface area contributed by atoms with E-state index >= 15 is 0 Å². The lowest BCUT2D eigenvalue weighted by molar-refractivity contribution is -0.117. The van der Waals surface area contributed by atoms with Crippen LogP contribution < -0.4 is 5.32 Å². The lowest BCUT2D eigenvalue weighted by Gasteiger charge is -2.19. The fourth-order valence-corrected chi connectivity index (χ4v) is 3.91. The van der Waals surface area contributed by atoms with E-state index in [2.05, 4.69) is 72.9 Å². The highest BCUT2D eigenvalue weighted by molar-refractivity contribution is 5.97. The molecule has 0 bridgehead atoms. The lowest BCUT2D eigenvalue weighted by atomic mass is 9.85. The van der Waals surface area contributed by atoms with Gasteiger partial charge in [-0.2, -0.15) is 0 Å². The maximum Gasteiger partial charge on any atom is 0.228 e. The van der Waals surface area contributed by atoms with Crippen LogP contribution in [0.5, 0.6) is 0 Å². The molecule has 4 rings (SSSR count).